The molecule has 0 amide bonds. The average molecular weight is 772 g/mol. The van der Waals surface area contributed by atoms with Crippen LogP contribution in [0.2, 0.25) is 0 Å². The van der Waals surface area contributed by atoms with E-state index in [-0.39, 0.29) is 49.6 Å². The molecule has 2 nitrogen and oxygen atoms in total. The van der Waals surface area contributed by atoms with Gasteiger partial charge in [-0.3, -0.25) is 0 Å². The van der Waals surface area contributed by atoms with Crippen molar-refractivity contribution in [3.63, 3.8) is 0 Å². The monoisotopic (exact) mass is 770 g/mol. The van der Waals surface area contributed by atoms with Crippen LogP contribution < -0.4 is 49.6 Å². The summed E-state index contributed by atoms with van der Waals surface area (Å²) in [6.07, 6.45) is 29.7. The van der Waals surface area contributed by atoms with Gasteiger partial charge in [0.1, 0.15) is 5.75 Å². The van der Waals surface area contributed by atoms with Crippen LogP contribution in [0.1, 0.15) is 153 Å². The molecule has 0 aliphatic carbocycles. The number of benzene rings is 1. The first kappa shape index (κ1) is 47.5. The van der Waals surface area contributed by atoms with E-state index in [0.717, 1.165) is 12.8 Å². The second-order valence-corrected chi connectivity index (χ2v) is 9.78. The predicted octanol–water partition coefficient (Wildman–Crippen LogP) is -1.79. The van der Waals surface area contributed by atoms with Crippen LogP contribution in [0.3, 0.4) is 0 Å². The molecule has 0 aromatic heterocycles. The molecule has 220 valence electrons. The van der Waals surface area contributed by atoms with Gasteiger partial charge in [-0.2, -0.15) is 0 Å². The van der Waals surface area contributed by atoms with E-state index in [0.29, 0.717) is 25.5 Å². The predicted molar refractivity (Wildman–Crippen MR) is 140 cm³/mol. The summed E-state index contributed by atoms with van der Waals surface area (Å²) < 4.78 is 8.33. The fraction of sp³-hybridized carbons (Fsp3) is 0.800. The van der Waals surface area contributed by atoms with Crippen LogP contribution in [0.25, 0.3) is 0 Å². The molecule has 7 heteroatoms. The van der Waals surface area contributed by atoms with E-state index in [4.69, 9.17) is 3.40 Å². The van der Waals surface area contributed by atoms with Gasteiger partial charge in [0.05, 0.1) is 0 Å². The van der Waals surface area contributed by atoms with E-state index in [9.17, 15) is 5.11 Å². The Hall–Kier alpha value is 0.668. The van der Waals surface area contributed by atoms with Crippen molar-refractivity contribution in [3.05, 3.63) is 29.3 Å². The van der Waals surface area contributed by atoms with E-state index < -0.39 is 0 Å². The maximum absolute atomic E-state index is 10.4. The Kier molecular flexibility index (Phi) is 49.8. The van der Waals surface area contributed by atoms with Gasteiger partial charge in [0.2, 0.25) is 0 Å². The van der Waals surface area contributed by atoms with Crippen molar-refractivity contribution in [1.82, 2.24) is 0 Å². The van der Waals surface area contributed by atoms with Gasteiger partial charge in [0.15, 0.2) is 0 Å². The van der Waals surface area contributed by atoms with Crippen LogP contribution in [0.5, 0.6) is 5.75 Å². The summed E-state index contributed by atoms with van der Waals surface area (Å²) in [6.45, 7) is 4.57. The standard InChI is InChI=1S/C30H54O.4ClH.O.W/c1-3-5-7-9-11-13-15-17-19-21-24-28-25-23-27-30(31)29(28)26-22-20-18-16-14-12-10-8-6-4-2;;;;;;/h23,25,27,31H,3-22,24,26H2,1-2H3;4*1H;;/q;;;;;;+4/p-4. The SMILES string of the molecule is CCCCCCCCCCCCc1cccc(O)c1CCCCCCCCCCCC.[Cl-].[Cl-].[Cl-].[Cl-].[O]=[W+4]. The summed E-state index contributed by atoms with van der Waals surface area (Å²) in [6, 6.07) is 6.16. The fourth-order valence-electron chi connectivity index (χ4n) is 4.74. The zero-order chi connectivity index (χ0) is 24.4. The van der Waals surface area contributed by atoms with Crippen LogP contribution in [0.15, 0.2) is 18.2 Å². The fourth-order valence-corrected chi connectivity index (χ4v) is 4.74. The molecule has 1 rings (SSSR count). The van der Waals surface area contributed by atoms with E-state index >= 15 is 0 Å². The number of hydrogen-bond donors (Lipinski definition) is 1. The number of rotatable bonds is 22. The van der Waals surface area contributed by atoms with Crippen LogP contribution in [-0.4, -0.2) is 5.11 Å². The molecule has 0 heterocycles. The molecule has 0 bridgehead atoms. The zero-order valence-electron chi connectivity index (χ0n) is 23.6. The summed E-state index contributed by atoms with van der Waals surface area (Å²) >= 11 is 0.333. The number of aryl methyl sites for hydroxylation is 1. The summed E-state index contributed by atoms with van der Waals surface area (Å²) in [4.78, 5) is 0. The minimum absolute atomic E-state index is 0. The van der Waals surface area contributed by atoms with Crippen molar-refractivity contribution < 1.29 is 77.9 Å². The molecule has 1 N–H and O–H groups in total. The van der Waals surface area contributed by atoms with Crippen molar-refractivity contribution >= 4 is 0 Å². The van der Waals surface area contributed by atoms with Crippen LogP contribution in [0, 0.1) is 0 Å². The first-order valence-corrected chi connectivity index (χ1v) is 15.5. The van der Waals surface area contributed by atoms with E-state index in [1.54, 1.807) is 0 Å². The summed E-state index contributed by atoms with van der Waals surface area (Å²) in [5.74, 6) is 0.528. The molecule has 1 aromatic rings. The van der Waals surface area contributed by atoms with Gasteiger partial charge in [-0.05, 0) is 42.9 Å². The summed E-state index contributed by atoms with van der Waals surface area (Å²) in [5, 5.41) is 10.4. The first-order valence-electron chi connectivity index (χ1n) is 14.3. The number of unbranched alkanes of at least 4 members (excludes halogenated alkanes) is 18. The Morgan fingerprint density at radius 1 is 0.514 bits per heavy atom. The molecule has 1 aromatic carbocycles. The normalized spacial score (nSPS) is 9.62. The average Bonchev–Trinajstić information content (AvgIpc) is 2.84. The van der Waals surface area contributed by atoms with Gasteiger partial charge in [0, 0.05) is 0 Å². The second-order valence-electron chi connectivity index (χ2n) is 9.78. The first-order chi connectivity index (χ1) is 16.3. The Bertz CT molecular complexity index is 550. The van der Waals surface area contributed by atoms with Crippen molar-refractivity contribution in [1.29, 1.82) is 0 Å². The Morgan fingerprint density at radius 3 is 1.22 bits per heavy atom. The Morgan fingerprint density at radius 2 is 0.838 bits per heavy atom. The van der Waals surface area contributed by atoms with E-state index in [1.807, 2.05) is 12.1 Å². The van der Waals surface area contributed by atoms with Gasteiger partial charge in [0.25, 0.3) is 0 Å². The maximum atomic E-state index is 10.4. The van der Waals surface area contributed by atoms with Gasteiger partial charge in [-0.1, -0.05) is 142 Å². The zero-order valence-corrected chi connectivity index (χ0v) is 29.5. The quantitative estimate of drug-likeness (QED) is 0.142. The van der Waals surface area contributed by atoms with Crippen molar-refractivity contribution in [2.24, 2.45) is 0 Å². The molecule has 0 saturated heterocycles. The molecule has 0 atom stereocenters. The van der Waals surface area contributed by atoms with E-state index in [1.165, 1.54) is 140 Å². The van der Waals surface area contributed by atoms with E-state index in [2.05, 4.69) is 19.9 Å². The second kappa shape index (κ2) is 38.8. The third-order valence-corrected chi connectivity index (χ3v) is 6.83. The molecule has 0 saturated carbocycles. The Labute approximate surface area is 266 Å². The van der Waals surface area contributed by atoms with Gasteiger partial charge in [-0.25, -0.2) is 0 Å². The van der Waals surface area contributed by atoms with Crippen LogP contribution >= 0.6 is 0 Å². The van der Waals surface area contributed by atoms with Gasteiger partial charge in [-0.15, -0.1) is 0 Å². The molecule has 0 unspecified atom stereocenters. The van der Waals surface area contributed by atoms with Crippen molar-refractivity contribution in [3.8, 4) is 5.75 Å². The van der Waals surface area contributed by atoms with Gasteiger partial charge >= 0.3 is 23.2 Å². The summed E-state index contributed by atoms with van der Waals surface area (Å²) in [5.41, 5.74) is 2.63. The molecule has 0 aliphatic heterocycles. The molecular weight excluding hydrogens is 718 g/mol. The third-order valence-electron chi connectivity index (χ3n) is 6.83. The molecule has 0 spiro atoms. The molecule has 0 radical (unpaired) electrons. The number of halogens is 4. The number of hydrogen-bond acceptors (Lipinski definition) is 2. The molecule has 37 heavy (non-hydrogen) atoms. The number of aromatic hydroxyl groups is 1. The number of phenolic OH excluding ortho intramolecular Hbond substituents is 1. The summed E-state index contributed by atoms with van der Waals surface area (Å²) in [7, 11) is 0. The van der Waals surface area contributed by atoms with Crippen LogP contribution in [0.4, 0.5) is 0 Å². The van der Waals surface area contributed by atoms with Gasteiger partial charge < -0.3 is 54.7 Å². The number of phenols is 1. The molecule has 0 fully saturated rings. The van der Waals surface area contributed by atoms with Crippen molar-refractivity contribution in [2.45, 2.75) is 155 Å². The topological polar surface area (TPSA) is 37.3 Å². The van der Waals surface area contributed by atoms with Crippen molar-refractivity contribution in [2.75, 3.05) is 0 Å². The minimum atomic E-state index is 0. The molecule has 0 aliphatic rings. The molecular formula is C30H54Cl4O2W. The van der Waals surface area contributed by atoms with Crippen LogP contribution in [-0.2, 0) is 36.0 Å². The third kappa shape index (κ3) is 29.5. The Balaban J connectivity index is -0.000000554.